The Labute approximate surface area is 119 Å². The molecule has 1 N–H and O–H groups in total. The zero-order valence-corrected chi connectivity index (χ0v) is 12.9. The van der Waals surface area contributed by atoms with E-state index in [1.165, 1.54) is 0 Å². The molecule has 0 saturated heterocycles. The van der Waals surface area contributed by atoms with Crippen molar-refractivity contribution in [2.75, 3.05) is 5.75 Å². The number of hydrogen-bond acceptors (Lipinski definition) is 4. The quantitative estimate of drug-likeness (QED) is 0.812. The van der Waals surface area contributed by atoms with Gasteiger partial charge >= 0.3 is 0 Å². The molecule has 19 heavy (non-hydrogen) atoms. The number of nitrogens with one attached hydrogen (secondary N) is 1. The van der Waals surface area contributed by atoms with Gasteiger partial charge in [0.05, 0.1) is 16.8 Å². The van der Waals surface area contributed by atoms with Gasteiger partial charge in [-0.15, -0.1) is 11.8 Å². The van der Waals surface area contributed by atoms with E-state index >= 15 is 0 Å². The molecular formula is C14H22N4S. The van der Waals surface area contributed by atoms with Crippen molar-refractivity contribution in [1.29, 1.82) is 5.26 Å². The predicted molar refractivity (Wildman–Crippen MR) is 78.0 cm³/mol. The maximum absolute atomic E-state index is 9.64. The lowest BCUT2D eigenvalue weighted by Gasteiger charge is -2.30. The van der Waals surface area contributed by atoms with Crippen molar-refractivity contribution < 1.29 is 0 Å². The zero-order chi connectivity index (χ0) is 14.0. The van der Waals surface area contributed by atoms with Crippen LogP contribution in [0, 0.1) is 24.2 Å². The molecule has 0 aromatic carbocycles. The van der Waals surface area contributed by atoms with Crippen LogP contribution < -0.4 is 5.32 Å². The Bertz CT molecular complexity index is 484. The molecule has 1 heterocycles. The molecular weight excluding hydrogens is 256 g/mol. The predicted octanol–water partition coefficient (Wildman–Crippen LogP) is 2.49. The molecule has 1 aromatic heterocycles. The van der Waals surface area contributed by atoms with Crippen molar-refractivity contribution in [3.8, 4) is 6.07 Å². The van der Waals surface area contributed by atoms with Gasteiger partial charge in [-0.3, -0.25) is 10.00 Å². The third-order valence-corrected chi connectivity index (χ3v) is 4.70. The highest BCUT2D eigenvalue weighted by molar-refractivity contribution is 7.99. The molecule has 0 aliphatic heterocycles. The maximum Gasteiger partial charge on any atom is 0.119 e. The molecule has 1 aromatic rings. The number of thioether (sulfide) groups is 1. The first kappa shape index (κ1) is 14.4. The fourth-order valence-corrected chi connectivity index (χ4v) is 3.67. The second kappa shape index (κ2) is 5.56. The molecule has 0 amide bonds. The molecule has 1 fully saturated rings. The fourth-order valence-electron chi connectivity index (χ4n) is 2.43. The molecule has 104 valence electrons. The van der Waals surface area contributed by atoms with E-state index in [2.05, 4.69) is 36.4 Å². The van der Waals surface area contributed by atoms with E-state index in [0.29, 0.717) is 12.0 Å². The Hall–Kier alpha value is -0.990. The number of aryl methyl sites for hydroxylation is 2. The topological polar surface area (TPSA) is 53.6 Å². The van der Waals surface area contributed by atoms with E-state index in [1.54, 1.807) is 11.8 Å². The minimum atomic E-state index is -0.392. The van der Waals surface area contributed by atoms with E-state index in [9.17, 15) is 5.26 Å². The number of nitrogens with zero attached hydrogens (tertiary/aromatic N) is 3. The Kier molecular flexibility index (Phi) is 4.22. The largest absolute Gasteiger partial charge is 0.296 e. The van der Waals surface area contributed by atoms with Crippen LogP contribution in [-0.2, 0) is 7.05 Å². The van der Waals surface area contributed by atoms with E-state index in [-0.39, 0.29) is 0 Å². The van der Waals surface area contributed by atoms with E-state index in [0.717, 1.165) is 29.3 Å². The third-order valence-electron chi connectivity index (χ3n) is 3.43. The van der Waals surface area contributed by atoms with Crippen LogP contribution in [0.3, 0.4) is 0 Å². The van der Waals surface area contributed by atoms with E-state index < -0.39 is 5.54 Å². The van der Waals surface area contributed by atoms with Gasteiger partial charge in [-0.2, -0.15) is 10.4 Å². The lowest BCUT2D eigenvalue weighted by atomic mass is 9.96. The third kappa shape index (κ3) is 3.31. The van der Waals surface area contributed by atoms with Crippen molar-refractivity contribution in [3.63, 3.8) is 0 Å². The first-order chi connectivity index (χ1) is 8.97. The average molecular weight is 278 g/mol. The summed E-state index contributed by atoms with van der Waals surface area (Å²) in [7, 11) is 1.95. The van der Waals surface area contributed by atoms with Crippen LogP contribution in [0.15, 0.2) is 11.1 Å². The van der Waals surface area contributed by atoms with Gasteiger partial charge in [0.25, 0.3) is 0 Å². The summed E-state index contributed by atoms with van der Waals surface area (Å²) >= 11 is 1.73. The average Bonchev–Trinajstić information content (AvgIpc) is 3.12. The summed E-state index contributed by atoms with van der Waals surface area (Å²) in [6, 6.07) is 4.95. The molecule has 0 spiro atoms. The number of hydrogen-bond donors (Lipinski definition) is 1. The number of aromatic nitrogens is 2. The summed E-state index contributed by atoms with van der Waals surface area (Å²) in [6.45, 7) is 6.20. The second-order valence-corrected chi connectivity index (χ2v) is 6.69. The standard InChI is InChI=1S/C14H22N4S/c1-10(2)16-14(8-15,12-5-6-12)9-19-13-7-11(3)17-18(13)4/h7,10,12,16H,5-6,9H2,1-4H3. The van der Waals surface area contributed by atoms with Gasteiger partial charge in [0.15, 0.2) is 0 Å². The van der Waals surface area contributed by atoms with Crippen LogP contribution in [0.25, 0.3) is 0 Å². The number of rotatable bonds is 6. The summed E-state index contributed by atoms with van der Waals surface area (Å²) in [5, 5.41) is 18.6. The molecule has 1 saturated carbocycles. The summed E-state index contributed by atoms with van der Waals surface area (Å²) in [5.74, 6) is 1.28. The van der Waals surface area contributed by atoms with Crippen molar-refractivity contribution in [3.05, 3.63) is 11.8 Å². The van der Waals surface area contributed by atoms with Crippen molar-refractivity contribution >= 4 is 11.8 Å². The SMILES string of the molecule is Cc1cc(SCC(C#N)(NC(C)C)C2CC2)n(C)n1. The minimum absolute atomic E-state index is 0.328. The molecule has 1 aliphatic rings. The molecule has 1 unspecified atom stereocenters. The van der Waals surface area contributed by atoms with Crippen molar-refractivity contribution in [1.82, 2.24) is 15.1 Å². The maximum atomic E-state index is 9.64. The van der Waals surface area contributed by atoms with E-state index in [4.69, 9.17) is 0 Å². The minimum Gasteiger partial charge on any atom is -0.296 e. The smallest absolute Gasteiger partial charge is 0.119 e. The Balaban J connectivity index is 2.08. The molecule has 1 atom stereocenters. The Morgan fingerprint density at radius 2 is 2.32 bits per heavy atom. The molecule has 0 bridgehead atoms. The monoisotopic (exact) mass is 278 g/mol. The van der Waals surface area contributed by atoms with Crippen LogP contribution in [0.4, 0.5) is 0 Å². The zero-order valence-electron chi connectivity index (χ0n) is 12.1. The van der Waals surface area contributed by atoms with Crippen LogP contribution in [0.5, 0.6) is 0 Å². The summed E-state index contributed by atoms with van der Waals surface area (Å²) in [5.41, 5.74) is 0.632. The molecule has 0 radical (unpaired) electrons. The fraction of sp³-hybridized carbons (Fsp3) is 0.714. The lowest BCUT2D eigenvalue weighted by Crippen LogP contribution is -2.51. The van der Waals surface area contributed by atoms with Crippen LogP contribution in [0.1, 0.15) is 32.4 Å². The van der Waals surface area contributed by atoms with Gasteiger partial charge in [0.1, 0.15) is 5.54 Å². The number of nitriles is 1. The summed E-state index contributed by atoms with van der Waals surface area (Å²) in [4.78, 5) is 0. The van der Waals surface area contributed by atoms with Crippen molar-refractivity contribution in [2.45, 2.75) is 50.2 Å². The lowest BCUT2D eigenvalue weighted by molar-refractivity contribution is 0.370. The first-order valence-electron chi connectivity index (χ1n) is 6.79. The van der Waals surface area contributed by atoms with Crippen LogP contribution in [-0.4, -0.2) is 27.1 Å². The molecule has 5 heteroatoms. The summed E-state index contributed by atoms with van der Waals surface area (Å²) in [6.07, 6.45) is 2.33. The molecule has 4 nitrogen and oxygen atoms in total. The summed E-state index contributed by atoms with van der Waals surface area (Å²) < 4.78 is 1.89. The Morgan fingerprint density at radius 3 is 2.74 bits per heavy atom. The first-order valence-corrected chi connectivity index (χ1v) is 7.78. The van der Waals surface area contributed by atoms with Gasteiger partial charge < -0.3 is 0 Å². The Morgan fingerprint density at radius 1 is 1.63 bits per heavy atom. The second-order valence-electron chi connectivity index (χ2n) is 5.69. The normalized spacial score (nSPS) is 18.3. The highest BCUT2D eigenvalue weighted by Gasteiger charge is 2.46. The van der Waals surface area contributed by atoms with Gasteiger partial charge in [-0.05, 0) is 45.6 Å². The van der Waals surface area contributed by atoms with Crippen LogP contribution >= 0.6 is 11.8 Å². The van der Waals surface area contributed by atoms with Gasteiger partial charge in [0.2, 0.25) is 0 Å². The van der Waals surface area contributed by atoms with Crippen LogP contribution in [0.2, 0.25) is 0 Å². The molecule has 1 aliphatic carbocycles. The molecule has 2 rings (SSSR count). The van der Waals surface area contributed by atoms with E-state index in [1.807, 2.05) is 18.7 Å². The highest BCUT2D eigenvalue weighted by Crippen LogP contribution is 2.42. The van der Waals surface area contributed by atoms with Gasteiger partial charge in [0, 0.05) is 18.8 Å². The van der Waals surface area contributed by atoms with Gasteiger partial charge in [-0.25, -0.2) is 0 Å². The van der Waals surface area contributed by atoms with Gasteiger partial charge in [-0.1, -0.05) is 0 Å². The highest BCUT2D eigenvalue weighted by atomic mass is 32.2. The van der Waals surface area contributed by atoms with Crippen molar-refractivity contribution in [2.24, 2.45) is 13.0 Å².